The van der Waals surface area contributed by atoms with Crippen LogP contribution in [0.2, 0.25) is 0 Å². The normalized spacial score (nSPS) is 49.8. The highest BCUT2D eigenvalue weighted by Gasteiger charge is 2.69. The van der Waals surface area contributed by atoms with Crippen LogP contribution in [0.4, 0.5) is 0 Å². The van der Waals surface area contributed by atoms with E-state index in [4.69, 9.17) is 0 Å². The van der Waals surface area contributed by atoms with Crippen LogP contribution < -0.4 is 0 Å². The number of carbonyl (C=O) groups is 2. The number of aldehydes is 1. The summed E-state index contributed by atoms with van der Waals surface area (Å²) < 4.78 is 0. The van der Waals surface area contributed by atoms with Crippen molar-refractivity contribution in [1.82, 2.24) is 0 Å². The summed E-state index contributed by atoms with van der Waals surface area (Å²) in [5.74, 6) is 0.225. The fourth-order valence-corrected chi connectivity index (χ4v) is 9.26. The number of rotatable bonds is 3. The van der Waals surface area contributed by atoms with Crippen LogP contribution >= 0.6 is 0 Å². The van der Waals surface area contributed by atoms with Gasteiger partial charge in [0, 0.05) is 23.0 Å². The van der Waals surface area contributed by atoms with E-state index in [2.05, 4.69) is 20.8 Å². The Balaban J connectivity index is 1.83. The summed E-state index contributed by atoms with van der Waals surface area (Å²) in [6.45, 7) is 10.8. The Morgan fingerprint density at radius 1 is 1.13 bits per heavy atom. The third-order valence-corrected chi connectivity index (χ3v) is 10.7. The van der Waals surface area contributed by atoms with Crippen LogP contribution in [0.1, 0.15) is 79.6 Å². The Bertz CT molecular complexity index is 769. The number of aliphatic hydroxyl groups excluding tert-OH is 2. The molecule has 4 aliphatic carbocycles. The van der Waals surface area contributed by atoms with Crippen LogP contribution in [0.25, 0.3) is 0 Å². The molecular weight excluding hydrogens is 376 g/mol. The molecule has 4 rings (SSSR count). The van der Waals surface area contributed by atoms with Crippen molar-refractivity contribution in [1.29, 1.82) is 0 Å². The van der Waals surface area contributed by atoms with Gasteiger partial charge in [-0.2, -0.15) is 0 Å². The van der Waals surface area contributed by atoms with Crippen molar-refractivity contribution in [2.24, 2.45) is 45.3 Å². The Hall–Kier alpha value is -1.00. The number of allylic oxidation sites excluding steroid dienone is 2. The molecule has 3 saturated carbocycles. The zero-order chi connectivity index (χ0) is 22.1. The second-order valence-electron chi connectivity index (χ2n) is 12.1. The second-order valence-corrected chi connectivity index (χ2v) is 12.1. The van der Waals surface area contributed by atoms with E-state index >= 15 is 0 Å². The first kappa shape index (κ1) is 22.2. The largest absolute Gasteiger partial charge is 0.396 e. The van der Waals surface area contributed by atoms with Crippen LogP contribution in [0.3, 0.4) is 0 Å². The van der Waals surface area contributed by atoms with E-state index in [1.807, 2.05) is 13.0 Å². The molecule has 3 fully saturated rings. The van der Waals surface area contributed by atoms with Gasteiger partial charge in [-0.3, -0.25) is 4.79 Å². The maximum atomic E-state index is 12.3. The molecule has 30 heavy (non-hydrogen) atoms. The van der Waals surface area contributed by atoms with Gasteiger partial charge in [0.25, 0.3) is 0 Å². The summed E-state index contributed by atoms with van der Waals surface area (Å²) in [7, 11) is 0. The van der Waals surface area contributed by atoms with E-state index in [-0.39, 0.29) is 40.5 Å². The molecule has 168 valence electrons. The molecule has 2 N–H and O–H groups in total. The predicted octanol–water partition coefficient (Wildman–Crippen LogP) is 4.33. The molecule has 0 aromatic heterocycles. The molecule has 4 aliphatic rings. The van der Waals surface area contributed by atoms with Gasteiger partial charge in [-0.05, 0) is 74.0 Å². The molecule has 0 aliphatic heterocycles. The Morgan fingerprint density at radius 3 is 2.43 bits per heavy atom. The van der Waals surface area contributed by atoms with E-state index < -0.39 is 17.4 Å². The smallest absolute Gasteiger partial charge is 0.156 e. The maximum Gasteiger partial charge on any atom is 0.156 e. The molecule has 0 heterocycles. The van der Waals surface area contributed by atoms with Crippen molar-refractivity contribution in [3.05, 3.63) is 11.6 Å². The maximum absolute atomic E-state index is 12.3. The first-order chi connectivity index (χ1) is 14.0. The summed E-state index contributed by atoms with van der Waals surface area (Å²) in [6, 6.07) is 0. The highest BCUT2D eigenvalue weighted by atomic mass is 16.3. The lowest BCUT2D eigenvalue weighted by Crippen LogP contribution is -2.67. The molecule has 0 saturated heterocycles. The average molecular weight is 417 g/mol. The summed E-state index contributed by atoms with van der Waals surface area (Å²) in [5, 5.41) is 22.4. The van der Waals surface area contributed by atoms with Crippen LogP contribution in [0.5, 0.6) is 0 Å². The Kier molecular flexibility index (Phi) is 5.18. The molecule has 0 aromatic carbocycles. The van der Waals surface area contributed by atoms with Crippen molar-refractivity contribution >= 4 is 12.1 Å². The lowest BCUT2D eigenvalue weighted by Gasteiger charge is -2.70. The lowest BCUT2D eigenvalue weighted by atomic mass is 9.34. The van der Waals surface area contributed by atoms with Crippen molar-refractivity contribution in [2.75, 3.05) is 6.61 Å². The number of ketones is 1. The standard InChI is InChI=1S/C26H40O4/c1-16(29)17-7-8-20-24(4)12-9-19-23(2,3)10-6-11-26(19,15-28)21(24)13-22(30)25(20,5)18(17)14-27/h7,14,18-22,28,30H,6,8-13,15H2,1-5H3/t18-,19+,20+,21+,22+,24+,25-,26-/m1/s1. The van der Waals surface area contributed by atoms with Gasteiger partial charge in [0.1, 0.15) is 6.29 Å². The summed E-state index contributed by atoms with van der Waals surface area (Å²) in [4.78, 5) is 24.5. The number of fused-ring (bicyclic) bond motifs is 5. The quantitative estimate of drug-likeness (QED) is 0.672. The molecule has 8 atom stereocenters. The molecule has 0 unspecified atom stereocenters. The van der Waals surface area contributed by atoms with Gasteiger partial charge >= 0.3 is 0 Å². The van der Waals surface area contributed by atoms with Gasteiger partial charge in [0.05, 0.1) is 12.0 Å². The van der Waals surface area contributed by atoms with Gasteiger partial charge in [-0.1, -0.05) is 40.2 Å². The van der Waals surface area contributed by atoms with Gasteiger partial charge in [-0.25, -0.2) is 0 Å². The van der Waals surface area contributed by atoms with E-state index in [0.29, 0.717) is 17.9 Å². The number of hydrogen-bond donors (Lipinski definition) is 2. The number of carbonyl (C=O) groups excluding carboxylic acids is 2. The fourth-order valence-electron chi connectivity index (χ4n) is 9.26. The van der Waals surface area contributed by atoms with Crippen molar-refractivity contribution in [3.63, 3.8) is 0 Å². The SMILES string of the molecule is CC(=O)C1=CC[C@H]2[C@]3(C)CC[C@H]4C(C)(C)CCC[C@]4(CO)[C@H]3C[C@H](O)[C@]2(C)[C@@H]1C=O. The van der Waals surface area contributed by atoms with Gasteiger partial charge in [-0.15, -0.1) is 0 Å². The minimum atomic E-state index is -0.647. The molecule has 0 spiro atoms. The number of Topliss-reactive ketones (excluding diaryl/α,β-unsaturated/α-hetero) is 1. The highest BCUT2D eigenvalue weighted by Crippen LogP contribution is 2.72. The zero-order valence-corrected chi connectivity index (χ0v) is 19.4. The number of aliphatic hydroxyl groups is 2. The van der Waals surface area contributed by atoms with Gasteiger partial charge < -0.3 is 15.0 Å². The van der Waals surface area contributed by atoms with Crippen LogP contribution in [0, 0.1) is 45.3 Å². The van der Waals surface area contributed by atoms with Crippen molar-refractivity contribution in [3.8, 4) is 0 Å². The van der Waals surface area contributed by atoms with E-state index in [9.17, 15) is 19.8 Å². The van der Waals surface area contributed by atoms with Crippen molar-refractivity contribution < 1.29 is 19.8 Å². The summed E-state index contributed by atoms with van der Waals surface area (Å²) in [6.07, 6.45) is 9.10. The monoisotopic (exact) mass is 416 g/mol. The predicted molar refractivity (Wildman–Crippen MR) is 117 cm³/mol. The third-order valence-electron chi connectivity index (χ3n) is 10.7. The minimum Gasteiger partial charge on any atom is -0.396 e. The lowest BCUT2D eigenvalue weighted by molar-refractivity contribution is -0.244. The summed E-state index contributed by atoms with van der Waals surface area (Å²) in [5.41, 5.74) is -0.0579. The van der Waals surface area contributed by atoms with E-state index in [1.165, 1.54) is 13.3 Å². The molecule has 0 radical (unpaired) electrons. The Morgan fingerprint density at radius 2 is 1.83 bits per heavy atom. The average Bonchev–Trinajstić information content (AvgIpc) is 2.68. The Labute approximate surface area is 181 Å². The van der Waals surface area contributed by atoms with Crippen LogP contribution in [0.15, 0.2) is 11.6 Å². The van der Waals surface area contributed by atoms with Crippen molar-refractivity contribution in [2.45, 2.75) is 85.7 Å². The first-order valence-electron chi connectivity index (χ1n) is 11.9. The molecule has 4 nitrogen and oxygen atoms in total. The molecule has 4 heteroatoms. The number of hydrogen-bond acceptors (Lipinski definition) is 4. The first-order valence-corrected chi connectivity index (χ1v) is 11.9. The molecular formula is C26H40O4. The van der Waals surface area contributed by atoms with E-state index in [0.717, 1.165) is 38.4 Å². The van der Waals surface area contributed by atoms with Gasteiger partial charge in [0.15, 0.2) is 5.78 Å². The highest BCUT2D eigenvalue weighted by molar-refractivity contribution is 5.97. The zero-order valence-electron chi connectivity index (χ0n) is 19.4. The molecule has 0 aromatic rings. The third kappa shape index (κ3) is 2.65. The van der Waals surface area contributed by atoms with E-state index in [1.54, 1.807) is 0 Å². The fraction of sp³-hybridized carbons (Fsp3) is 0.846. The topological polar surface area (TPSA) is 74.6 Å². The second kappa shape index (κ2) is 7.00. The minimum absolute atomic E-state index is 0.0549. The van der Waals surface area contributed by atoms with Crippen LogP contribution in [-0.4, -0.2) is 35.0 Å². The van der Waals surface area contributed by atoms with Gasteiger partial charge in [0.2, 0.25) is 0 Å². The van der Waals surface area contributed by atoms with Crippen LogP contribution in [-0.2, 0) is 9.59 Å². The molecule has 0 amide bonds. The molecule has 0 bridgehead atoms. The summed E-state index contributed by atoms with van der Waals surface area (Å²) >= 11 is 0.